The largest absolute Gasteiger partial charge is 0.497 e. The molecule has 2 aromatic carbocycles. The van der Waals surface area contributed by atoms with E-state index in [4.69, 9.17) is 27.9 Å². The summed E-state index contributed by atoms with van der Waals surface area (Å²) in [5.74, 6) is 1.78. The Kier molecular flexibility index (Phi) is 6.43. The Morgan fingerprint density at radius 2 is 1.86 bits per heavy atom. The molecule has 0 aliphatic heterocycles. The SMILES string of the molecule is COc1ccc(NC(=O)CSCc2ccc(Cl)c(Cl)c2)cc1. The van der Waals surface area contributed by atoms with Crippen LogP contribution in [0.5, 0.6) is 5.75 Å². The van der Waals surface area contributed by atoms with Crippen LogP contribution in [0.1, 0.15) is 5.56 Å². The Balaban J connectivity index is 1.78. The van der Waals surface area contributed by atoms with Gasteiger partial charge in [-0.2, -0.15) is 0 Å². The highest BCUT2D eigenvalue weighted by Gasteiger charge is 2.05. The summed E-state index contributed by atoms with van der Waals surface area (Å²) >= 11 is 13.3. The van der Waals surface area contributed by atoms with Crippen molar-refractivity contribution >= 4 is 46.6 Å². The van der Waals surface area contributed by atoms with Gasteiger partial charge in [-0.3, -0.25) is 4.79 Å². The van der Waals surface area contributed by atoms with Crippen molar-refractivity contribution in [3.8, 4) is 5.75 Å². The van der Waals surface area contributed by atoms with Gasteiger partial charge in [0.2, 0.25) is 5.91 Å². The number of methoxy groups -OCH3 is 1. The number of halogens is 2. The maximum absolute atomic E-state index is 11.9. The van der Waals surface area contributed by atoms with Gasteiger partial charge in [0.1, 0.15) is 5.75 Å². The zero-order valence-electron chi connectivity index (χ0n) is 11.9. The number of ether oxygens (including phenoxy) is 1. The summed E-state index contributed by atoms with van der Waals surface area (Å²) in [5, 5.41) is 3.90. The lowest BCUT2D eigenvalue weighted by Crippen LogP contribution is -2.14. The molecule has 0 saturated carbocycles. The van der Waals surface area contributed by atoms with Gasteiger partial charge in [-0.15, -0.1) is 11.8 Å². The second-order valence-corrected chi connectivity index (χ2v) is 6.32. The van der Waals surface area contributed by atoms with E-state index < -0.39 is 0 Å². The van der Waals surface area contributed by atoms with Crippen molar-refractivity contribution in [3.63, 3.8) is 0 Å². The summed E-state index contributed by atoms with van der Waals surface area (Å²) < 4.78 is 5.07. The fraction of sp³-hybridized carbons (Fsp3) is 0.188. The first kappa shape index (κ1) is 17.0. The first-order valence-electron chi connectivity index (χ1n) is 6.54. The van der Waals surface area contributed by atoms with Gasteiger partial charge >= 0.3 is 0 Å². The number of benzene rings is 2. The highest BCUT2D eigenvalue weighted by Crippen LogP contribution is 2.24. The molecule has 2 rings (SSSR count). The minimum absolute atomic E-state index is 0.0461. The van der Waals surface area contributed by atoms with Gasteiger partial charge in [-0.1, -0.05) is 29.3 Å². The molecule has 0 bridgehead atoms. The molecule has 2 aromatic rings. The van der Waals surface area contributed by atoms with Crippen LogP contribution in [0.4, 0.5) is 5.69 Å². The van der Waals surface area contributed by atoms with Gasteiger partial charge in [0.05, 0.1) is 22.9 Å². The number of nitrogens with one attached hydrogen (secondary N) is 1. The standard InChI is InChI=1S/C16H15Cl2NO2S/c1-21-13-5-3-12(4-6-13)19-16(20)10-22-9-11-2-7-14(17)15(18)8-11/h2-8H,9-10H2,1H3,(H,19,20). The zero-order valence-corrected chi connectivity index (χ0v) is 14.3. The fourth-order valence-electron chi connectivity index (χ4n) is 1.76. The average molecular weight is 356 g/mol. The van der Waals surface area contributed by atoms with Gasteiger partial charge in [-0.05, 0) is 42.0 Å². The smallest absolute Gasteiger partial charge is 0.234 e. The molecule has 0 atom stereocenters. The zero-order chi connectivity index (χ0) is 15.9. The third-order valence-electron chi connectivity index (χ3n) is 2.86. The van der Waals surface area contributed by atoms with Crippen molar-refractivity contribution < 1.29 is 9.53 Å². The molecule has 0 heterocycles. The van der Waals surface area contributed by atoms with Crippen LogP contribution in [-0.4, -0.2) is 18.8 Å². The van der Waals surface area contributed by atoms with E-state index in [1.54, 1.807) is 37.4 Å². The summed E-state index contributed by atoms with van der Waals surface area (Å²) in [6.45, 7) is 0. The number of amides is 1. The Morgan fingerprint density at radius 3 is 2.50 bits per heavy atom. The lowest BCUT2D eigenvalue weighted by molar-refractivity contribution is -0.113. The van der Waals surface area contributed by atoms with Gasteiger partial charge in [-0.25, -0.2) is 0 Å². The van der Waals surface area contributed by atoms with Gasteiger partial charge in [0, 0.05) is 11.4 Å². The predicted molar refractivity (Wildman–Crippen MR) is 94.2 cm³/mol. The van der Waals surface area contributed by atoms with Crippen LogP contribution in [0.2, 0.25) is 10.0 Å². The van der Waals surface area contributed by atoms with E-state index in [1.807, 2.05) is 12.1 Å². The molecular formula is C16H15Cl2NO2S. The van der Waals surface area contributed by atoms with Gasteiger partial charge < -0.3 is 10.1 Å². The molecule has 0 aliphatic rings. The first-order valence-corrected chi connectivity index (χ1v) is 8.45. The third kappa shape index (κ3) is 5.13. The lowest BCUT2D eigenvalue weighted by atomic mass is 10.2. The van der Waals surface area contributed by atoms with E-state index >= 15 is 0 Å². The van der Waals surface area contributed by atoms with E-state index in [-0.39, 0.29) is 5.91 Å². The number of anilines is 1. The predicted octanol–water partition coefficient (Wildman–Crippen LogP) is 4.87. The van der Waals surface area contributed by atoms with Crippen molar-refractivity contribution in [1.82, 2.24) is 0 Å². The van der Waals surface area contributed by atoms with E-state index in [9.17, 15) is 4.79 Å². The molecule has 0 aliphatic carbocycles. The minimum atomic E-state index is -0.0461. The van der Waals surface area contributed by atoms with Crippen molar-refractivity contribution in [3.05, 3.63) is 58.1 Å². The number of carbonyl (C=O) groups is 1. The summed E-state index contributed by atoms with van der Waals surface area (Å²) in [7, 11) is 1.60. The van der Waals surface area contributed by atoms with Crippen LogP contribution in [0.25, 0.3) is 0 Å². The van der Waals surface area contributed by atoms with Crippen molar-refractivity contribution in [2.45, 2.75) is 5.75 Å². The molecule has 116 valence electrons. The van der Waals surface area contributed by atoms with Crippen molar-refractivity contribution in [2.24, 2.45) is 0 Å². The summed E-state index contributed by atoms with van der Waals surface area (Å²) in [6, 6.07) is 12.7. The van der Waals surface area contributed by atoms with Crippen molar-refractivity contribution in [1.29, 1.82) is 0 Å². The van der Waals surface area contributed by atoms with Crippen LogP contribution < -0.4 is 10.1 Å². The number of thioether (sulfide) groups is 1. The third-order valence-corrected chi connectivity index (χ3v) is 4.60. The molecule has 0 spiro atoms. The fourth-order valence-corrected chi connectivity index (χ4v) is 2.86. The highest BCUT2D eigenvalue weighted by atomic mass is 35.5. The second kappa shape index (κ2) is 8.32. The van der Waals surface area contributed by atoms with Crippen molar-refractivity contribution in [2.75, 3.05) is 18.2 Å². The van der Waals surface area contributed by atoms with Crippen LogP contribution in [0.3, 0.4) is 0 Å². The number of carbonyl (C=O) groups excluding carboxylic acids is 1. The molecule has 0 saturated heterocycles. The molecule has 6 heteroatoms. The van der Waals surface area contributed by atoms with Crippen LogP contribution in [-0.2, 0) is 10.5 Å². The Hall–Kier alpha value is -1.36. The highest BCUT2D eigenvalue weighted by molar-refractivity contribution is 7.99. The molecule has 0 radical (unpaired) electrons. The Bertz CT molecular complexity index is 647. The number of rotatable bonds is 6. The summed E-state index contributed by atoms with van der Waals surface area (Å²) in [4.78, 5) is 11.9. The lowest BCUT2D eigenvalue weighted by Gasteiger charge is -2.07. The van der Waals surface area contributed by atoms with E-state index in [1.165, 1.54) is 11.8 Å². The van der Waals surface area contributed by atoms with E-state index in [0.717, 1.165) is 17.0 Å². The minimum Gasteiger partial charge on any atom is -0.497 e. The van der Waals surface area contributed by atoms with Crippen LogP contribution in [0, 0.1) is 0 Å². The topological polar surface area (TPSA) is 38.3 Å². The normalized spacial score (nSPS) is 10.3. The number of hydrogen-bond acceptors (Lipinski definition) is 3. The first-order chi connectivity index (χ1) is 10.6. The summed E-state index contributed by atoms with van der Waals surface area (Å²) in [5.41, 5.74) is 1.79. The molecule has 0 unspecified atom stereocenters. The summed E-state index contributed by atoms with van der Waals surface area (Å²) in [6.07, 6.45) is 0. The van der Waals surface area contributed by atoms with Gasteiger partial charge in [0.15, 0.2) is 0 Å². The monoisotopic (exact) mass is 355 g/mol. The maximum Gasteiger partial charge on any atom is 0.234 e. The van der Waals surface area contributed by atoms with Gasteiger partial charge in [0.25, 0.3) is 0 Å². The maximum atomic E-state index is 11.9. The van der Waals surface area contributed by atoms with Crippen LogP contribution in [0.15, 0.2) is 42.5 Å². The molecule has 1 N–H and O–H groups in total. The Morgan fingerprint density at radius 1 is 1.14 bits per heavy atom. The van der Waals surface area contributed by atoms with E-state index in [2.05, 4.69) is 5.32 Å². The molecular weight excluding hydrogens is 341 g/mol. The molecule has 22 heavy (non-hydrogen) atoms. The Labute approximate surface area is 144 Å². The average Bonchev–Trinajstić information content (AvgIpc) is 2.51. The molecule has 1 amide bonds. The molecule has 0 aromatic heterocycles. The van der Waals surface area contributed by atoms with Crippen LogP contribution >= 0.6 is 35.0 Å². The molecule has 0 fully saturated rings. The quantitative estimate of drug-likeness (QED) is 0.802. The van der Waals surface area contributed by atoms with E-state index in [0.29, 0.717) is 21.6 Å². The second-order valence-electron chi connectivity index (χ2n) is 4.52. The molecule has 3 nitrogen and oxygen atoms in total. The number of hydrogen-bond donors (Lipinski definition) is 1.